The lowest BCUT2D eigenvalue weighted by Crippen LogP contribution is -2.54. The Morgan fingerprint density at radius 3 is 2.41 bits per heavy atom. The van der Waals surface area contributed by atoms with Crippen LogP contribution in [0.2, 0.25) is 0 Å². The van der Waals surface area contributed by atoms with Crippen LogP contribution >= 0.6 is 12.2 Å². The van der Waals surface area contributed by atoms with Crippen molar-refractivity contribution in [2.75, 3.05) is 26.7 Å². The first-order valence-electron chi connectivity index (χ1n) is 5.66. The Labute approximate surface area is 107 Å². The van der Waals surface area contributed by atoms with Crippen LogP contribution in [0.15, 0.2) is 0 Å². The average molecular weight is 257 g/mol. The third-order valence-electron chi connectivity index (χ3n) is 3.01. The highest BCUT2D eigenvalue weighted by atomic mass is 32.1. The summed E-state index contributed by atoms with van der Waals surface area (Å²) >= 11 is 4.93. The molecule has 1 heterocycles. The van der Waals surface area contributed by atoms with E-state index in [1.807, 2.05) is 13.8 Å². The van der Waals surface area contributed by atoms with E-state index in [0.717, 1.165) is 0 Å². The topological polar surface area (TPSA) is 66.6 Å². The van der Waals surface area contributed by atoms with E-state index in [4.69, 9.17) is 18.0 Å². The Kier molecular flexibility index (Phi) is 4.45. The molecule has 1 atom stereocenters. The van der Waals surface area contributed by atoms with E-state index < -0.39 is 5.92 Å². The van der Waals surface area contributed by atoms with Crippen LogP contribution < -0.4 is 5.73 Å². The summed E-state index contributed by atoms with van der Waals surface area (Å²) in [6.45, 7) is 5.04. The number of amides is 2. The molecule has 2 amide bonds. The minimum absolute atomic E-state index is 0.0463. The van der Waals surface area contributed by atoms with E-state index in [2.05, 4.69) is 0 Å². The number of thiocarbonyl (C=S) groups is 1. The van der Waals surface area contributed by atoms with Crippen molar-refractivity contribution in [3.63, 3.8) is 0 Å². The average Bonchev–Trinajstić information content (AvgIpc) is 2.20. The van der Waals surface area contributed by atoms with Gasteiger partial charge in [-0.15, -0.1) is 0 Å². The van der Waals surface area contributed by atoms with Gasteiger partial charge >= 0.3 is 0 Å². The van der Waals surface area contributed by atoms with Crippen LogP contribution in [0.1, 0.15) is 13.8 Å². The molecule has 1 aliphatic heterocycles. The SMILES string of the molecule is CC(C)C(C(=O)N1CCN(C)C(=O)C1)C(N)=S. The molecule has 0 aliphatic carbocycles. The Morgan fingerprint density at radius 2 is 2.00 bits per heavy atom. The number of carbonyl (C=O) groups is 2. The zero-order valence-electron chi connectivity index (χ0n) is 10.5. The summed E-state index contributed by atoms with van der Waals surface area (Å²) in [6.07, 6.45) is 0. The predicted molar refractivity (Wildman–Crippen MR) is 69.3 cm³/mol. The maximum absolute atomic E-state index is 12.2. The number of hydrogen-bond donors (Lipinski definition) is 1. The van der Waals surface area contributed by atoms with Crippen LogP contribution in [-0.4, -0.2) is 53.3 Å². The molecule has 1 aliphatic rings. The van der Waals surface area contributed by atoms with E-state index in [-0.39, 0.29) is 29.3 Å². The molecule has 1 unspecified atom stereocenters. The molecule has 96 valence electrons. The summed E-state index contributed by atoms with van der Waals surface area (Å²) in [6, 6.07) is 0. The van der Waals surface area contributed by atoms with Gasteiger partial charge in [0.1, 0.15) is 0 Å². The first-order valence-corrected chi connectivity index (χ1v) is 6.07. The highest BCUT2D eigenvalue weighted by Crippen LogP contribution is 2.16. The number of likely N-dealkylation sites (N-methyl/N-ethyl adjacent to an activating group) is 1. The number of piperazine rings is 1. The number of nitrogens with zero attached hydrogens (tertiary/aromatic N) is 2. The molecule has 2 N–H and O–H groups in total. The van der Waals surface area contributed by atoms with Gasteiger partial charge in [0.2, 0.25) is 11.8 Å². The number of hydrogen-bond acceptors (Lipinski definition) is 3. The van der Waals surface area contributed by atoms with Gasteiger partial charge in [-0.3, -0.25) is 9.59 Å². The molecule has 1 fully saturated rings. The van der Waals surface area contributed by atoms with Gasteiger partial charge in [0.05, 0.1) is 17.5 Å². The van der Waals surface area contributed by atoms with Crippen LogP contribution in [-0.2, 0) is 9.59 Å². The molecule has 0 spiro atoms. The van der Waals surface area contributed by atoms with Crippen molar-refractivity contribution in [2.24, 2.45) is 17.6 Å². The molecule has 0 bridgehead atoms. The number of carbonyl (C=O) groups excluding carboxylic acids is 2. The van der Waals surface area contributed by atoms with Crippen LogP contribution in [0.4, 0.5) is 0 Å². The van der Waals surface area contributed by atoms with E-state index in [0.29, 0.717) is 13.1 Å². The molecule has 0 saturated carbocycles. The second kappa shape index (κ2) is 5.44. The van der Waals surface area contributed by atoms with Crippen molar-refractivity contribution in [3.05, 3.63) is 0 Å². The normalized spacial score (nSPS) is 18.5. The minimum Gasteiger partial charge on any atom is -0.393 e. The summed E-state index contributed by atoms with van der Waals surface area (Å²) < 4.78 is 0. The van der Waals surface area contributed by atoms with Gasteiger partial charge in [-0.05, 0) is 5.92 Å². The Balaban J connectivity index is 2.75. The first kappa shape index (κ1) is 13.9. The second-order valence-electron chi connectivity index (χ2n) is 4.70. The van der Waals surface area contributed by atoms with E-state index in [1.54, 1.807) is 16.8 Å². The molecular weight excluding hydrogens is 238 g/mol. The van der Waals surface area contributed by atoms with E-state index in [9.17, 15) is 9.59 Å². The molecule has 0 aromatic rings. The fraction of sp³-hybridized carbons (Fsp3) is 0.727. The van der Waals surface area contributed by atoms with Crippen molar-refractivity contribution < 1.29 is 9.59 Å². The summed E-state index contributed by atoms with van der Waals surface area (Å²) in [5, 5.41) is 0. The van der Waals surface area contributed by atoms with Gasteiger partial charge in [-0.1, -0.05) is 26.1 Å². The third-order valence-corrected chi connectivity index (χ3v) is 3.26. The monoisotopic (exact) mass is 257 g/mol. The summed E-state index contributed by atoms with van der Waals surface area (Å²) in [7, 11) is 1.73. The second-order valence-corrected chi connectivity index (χ2v) is 5.17. The van der Waals surface area contributed by atoms with Crippen molar-refractivity contribution in [1.82, 2.24) is 9.80 Å². The van der Waals surface area contributed by atoms with Gasteiger partial charge in [-0.2, -0.15) is 0 Å². The van der Waals surface area contributed by atoms with Crippen molar-refractivity contribution >= 4 is 29.0 Å². The largest absolute Gasteiger partial charge is 0.393 e. The Bertz CT molecular complexity index is 344. The minimum atomic E-state index is -0.471. The fourth-order valence-electron chi connectivity index (χ4n) is 1.88. The molecule has 6 heteroatoms. The number of rotatable bonds is 3. The third kappa shape index (κ3) is 3.15. The maximum atomic E-state index is 12.2. The zero-order valence-corrected chi connectivity index (χ0v) is 11.3. The molecule has 17 heavy (non-hydrogen) atoms. The number of nitrogens with two attached hydrogens (primary N) is 1. The standard InChI is InChI=1S/C11H19N3O2S/c1-7(2)9(10(12)17)11(16)14-5-4-13(3)8(15)6-14/h7,9H,4-6H2,1-3H3,(H2,12,17). The van der Waals surface area contributed by atoms with Crippen LogP contribution in [0, 0.1) is 11.8 Å². The van der Waals surface area contributed by atoms with Gasteiger partial charge in [0.15, 0.2) is 0 Å². The van der Waals surface area contributed by atoms with Gasteiger partial charge in [0.25, 0.3) is 0 Å². The lowest BCUT2D eigenvalue weighted by Gasteiger charge is -2.34. The Morgan fingerprint density at radius 1 is 1.41 bits per heavy atom. The molecule has 0 radical (unpaired) electrons. The smallest absolute Gasteiger partial charge is 0.241 e. The summed E-state index contributed by atoms with van der Waals surface area (Å²) in [4.78, 5) is 27.1. The lowest BCUT2D eigenvalue weighted by molar-refractivity contribution is -0.146. The van der Waals surface area contributed by atoms with Crippen molar-refractivity contribution in [1.29, 1.82) is 0 Å². The molecule has 1 rings (SSSR count). The fourth-order valence-corrected chi connectivity index (χ4v) is 2.25. The van der Waals surface area contributed by atoms with Crippen molar-refractivity contribution in [2.45, 2.75) is 13.8 Å². The summed E-state index contributed by atoms with van der Waals surface area (Å²) in [5.41, 5.74) is 5.60. The Hall–Kier alpha value is -1.17. The lowest BCUT2D eigenvalue weighted by atomic mass is 9.94. The molecule has 5 nitrogen and oxygen atoms in total. The van der Waals surface area contributed by atoms with E-state index in [1.165, 1.54) is 0 Å². The van der Waals surface area contributed by atoms with Gasteiger partial charge in [0, 0.05) is 20.1 Å². The van der Waals surface area contributed by atoms with Gasteiger partial charge < -0.3 is 15.5 Å². The molecule has 0 aromatic heterocycles. The first-order chi connectivity index (χ1) is 7.84. The highest BCUT2D eigenvalue weighted by Gasteiger charge is 2.32. The maximum Gasteiger partial charge on any atom is 0.241 e. The summed E-state index contributed by atoms with van der Waals surface area (Å²) in [5.74, 6) is -0.597. The molecule has 1 saturated heterocycles. The van der Waals surface area contributed by atoms with Crippen LogP contribution in [0.5, 0.6) is 0 Å². The predicted octanol–water partition coefficient (Wildman–Crippen LogP) is -0.155. The quantitative estimate of drug-likeness (QED) is 0.714. The molecular formula is C11H19N3O2S. The highest BCUT2D eigenvalue weighted by molar-refractivity contribution is 7.80. The molecule has 0 aromatic carbocycles. The van der Waals surface area contributed by atoms with Crippen LogP contribution in [0.3, 0.4) is 0 Å². The zero-order chi connectivity index (χ0) is 13.2. The van der Waals surface area contributed by atoms with Crippen LogP contribution in [0.25, 0.3) is 0 Å². The van der Waals surface area contributed by atoms with E-state index >= 15 is 0 Å². The van der Waals surface area contributed by atoms with Crippen molar-refractivity contribution in [3.8, 4) is 0 Å². The van der Waals surface area contributed by atoms with Gasteiger partial charge in [-0.25, -0.2) is 0 Å².